The van der Waals surface area contributed by atoms with E-state index >= 15 is 8.78 Å². The molecule has 0 unspecified atom stereocenters. The van der Waals surface area contributed by atoms with E-state index in [-0.39, 0.29) is 22.4 Å². The van der Waals surface area contributed by atoms with Gasteiger partial charge in [0.25, 0.3) is 0 Å². The Kier molecular flexibility index (Phi) is 8.35. The number of rotatable bonds is 9. The number of para-hydroxylation sites is 1. The topological polar surface area (TPSA) is 18.5 Å². The van der Waals surface area contributed by atoms with E-state index in [1.54, 1.807) is 12.1 Å². The van der Waals surface area contributed by atoms with Crippen LogP contribution in [0.2, 0.25) is 0 Å². The molecule has 0 amide bonds. The van der Waals surface area contributed by atoms with Gasteiger partial charge in [0.15, 0.2) is 17.4 Å². The molecule has 1 saturated carbocycles. The van der Waals surface area contributed by atoms with Gasteiger partial charge in [-0.2, -0.15) is 17.6 Å². The standard InChI is InChI=1S/C29H28F6O2/c1-2-5-18-8-10-19(11-9-18)20-12-14-22(15-13-20)29(34,35)37-26-7-4-3-6-23(26)21-16-24(30)27(25(31)17-21)36-28(32)33/h3-4,6-7,12-19,28H,2,5,8-11H2,1H3/t18-,19-. The molecule has 3 aromatic carbocycles. The lowest BCUT2D eigenvalue weighted by Gasteiger charge is -2.29. The number of hydrogen-bond donors (Lipinski definition) is 0. The molecule has 3 aromatic rings. The fourth-order valence-electron chi connectivity index (χ4n) is 5.05. The molecular weight excluding hydrogens is 494 g/mol. The number of hydrogen-bond acceptors (Lipinski definition) is 2. The van der Waals surface area contributed by atoms with Crippen molar-refractivity contribution in [1.29, 1.82) is 0 Å². The lowest BCUT2D eigenvalue weighted by atomic mass is 9.77. The minimum atomic E-state index is -3.73. The average molecular weight is 523 g/mol. The zero-order valence-electron chi connectivity index (χ0n) is 20.3. The molecule has 198 valence electrons. The molecule has 4 rings (SSSR count). The molecule has 1 aliphatic carbocycles. The van der Waals surface area contributed by atoms with Crippen molar-refractivity contribution in [1.82, 2.24) is 0 Å². The summed E-state index contributed by atoms with van der Waals surface area (Å²) in [5.74, 6) is -3.27. The van der Waals surface area contributed by atoms with Crippen molar-refractivity contribution >= 4 is 0 Å². The molecule has 0 atom stereocenters. The molecule has 37 heavy (non-hydrogen) atoms. The van der Waals surface area contributed by atoms with Gasteiger partial charge < -0.3 is 9.47 Å². The van der Waals surface area contributed by atoms with Crippen LogP contribution >= 0.6 is 0 Å². The van der Waals surface area contributed by atoms with Gasteiger partial charge in [0.05, 0.1) is 5.56 Å². The Morgan fingerprint density at radius 1 is 0.892 bits per heavy atom. The Labute approximate surface area is 212 Å². The highest BCUT2D eigenvalue weighted by molar-refractivity contribution is 5.71. The van der Waals surface area contributed by atoms with Crippen molar-refractivity contribution in [2.45, 2.75) is 64.1 Å². The number of alkyl halides is 4. The van der Waals surface area contributed by atoms with Crippen molar-refractivity contribution in [3.05, 3.63) is 83.4 Å². The molecule has 0 aliphatic heterocycles. The van der Waals surface area contributed by atoms with Gasteiger partial charge in [0.1, 0.15) is 5.75 Å². The molecule has 0 saturated heterocycles. The first-order valence-electron chi connectivity index (χ1n) is 12.4. The zero-order chi connectivity index (χ0) is 26.6. The van der Waals surface area contributed by atoms with Crippen LogP contribution in [0.5, 0.6) is 11.5 Å². The first kappa shape index (κ1) is 26.9. The fourth-order valence-corrected chi connectivity index (χ4v) is 5.05. The molecule has 0 spiro atoms. The molecule has 1 fully saturated rings. The highest BCUT2D eigenvalue weighted by atomic mass is 19.3. The van der Waals surface area contributed by atoms with Gasteiger partial charge in [-0.25, -0.2) is 8.78 Å². The molecule has 0 bridgehead atoms. The lowest BCUT2D eigenvalue weighted by Crippen LogP contribution is -2.22. The van der Waals surface area contributed by atoms with Gasteiger partial charge in [-0.1, -0.05) is 50.1 Å². The maximum atomic E-state index is 15.1. The van der Waals surface area contributed by atoms with Crippen molar-refractivity contribution in [2.24, 2.45) is 5.92 Å². The summed E-state index contributed by atoms with van der Waals surface area (Å²) in [7, 11) is 0. The smallest absolute Gasteiger partial charge is 0.426 e. The van der Waals surface area contributed by atoms with E-state index in [9.17, 15) is 17.6 Å². The summed E-state index contributed by atoms with van der Waals surface area (Å²) in [6.45, 7) is -1.24. The van der Waals surface area contributed by atoms with Crippen LogP contribution in [0.3, 0.4) is 0 Å². The van der Waals surface area contributed by atoms with E-state index in [0.717, 1.165) is 49.3 Å². The molecule has 0 N–H and O–H groups in total. The van der Waals surface area contributed by atoms with E-state index < -0.39 is 30.1 Å². The van der Waals surface area contributed by atoms with E-state index in [1.165, 1.54) is 49.2 Å². The summed E-state index contributed by atoms with van der Waals surface area (Å²) in [5, 5.41) is 0. The van der Waals surface area contributed by atoms with Crippen LogP contribution in [0.1, 0.15) is 62.5 Å². The fraction of sp³-hybridized carbons (Fsp3) is 0.379. The van der Waals surface area contributed by atoms with Crippen molar-refractivity contribution in [3.8, 4) is 22.6 Å². The largest absolute Gasteiger partial charge is 0.429 e. The highest BCUT2D eigenvalue weighted by Gasteiger charge is 2.36. The van der Waals surface area contributed by atoms with E-state index in [2.05, 4.69) is 11.7 Å². The summed E-state index contributed by atoms with van der Waals surface area (Å²) in [6.07, 6.45) is 3.04. The maximum absolute atomic E-state index is 15.1. The second-order valence-electron chi connectivity index (χ2n) is 9.39. The summed E-state index contributed by atoms with van der Waals surface area (Å²) < 4.78 is 92.6. The molecule has 0 radical (unpaired) electrons. The Balaban J connectivity index is 1.52. The normalized spacial score (nSPS) is 18.2. The predicted octanol–water partition coefficient (Wildman–Crippen LogP) is 9.44. The Bertz CT molecular complexity index is 1160. The van der Waals surface area contributed by atoms with Crippen molar-refractivity contribution in [3.63, 3.8) is 0 Å². The molecule has 0 aromatic heterocycles. The first-order chi connectivity index (χ1) is 17.7. The van der Waals surface area contributed by atoms with E-state index in [4.69, 9.17) is 4.74 Å². The van der Waals surface area contributed by atoms with Gasteiger partial charge in [0.2, 0.25) is 0 Å². The lowest BCUT2D eigenvalue weighted by molar-refractivity contribution is -0.185. The van der Waals surface area contributed by atoms with Crippen molar-refractivity contribution < 1.29 is 35.8 Å². The summed E-state index contributed by atoms with van der Waals surface area (Å²) in [5.41, 5.74) is 0.455. The van der Waals surface area contributed by atoms with Crippen LogP contribution in [0.15, 0.2) is 60.7 Å². The van der Waals surface area contributed by atoms with Gasteiger partial charge >= 0.3 is 12.7 Å². The summed E-state index contributed by atoms with van der Waals surface area (Å²) in [4.78, 5) is 0. The minimum absolute atomic E-state index is 0.0379. The van der Waals surface area contributed by atoms with Crippen molar-refractivity contribution in [2.75, 3.05) is 0 Å². The zero-order valence-corrected chi connectivity index (χ0v) is 20.3. The van der Waals surface area contributed by atoms with Gasteiger partial charge in [-0.05, 0) is 79.0 Å². The second-order valence-corrected chi connectivity index (χ2v) is 9.39. The number of ether oxygens (including phenoxy) is 2. The Morgan fingerprint density at radius 2 is 1.51 bits per heavy atom. The SMILES string of the molecule is CCC[C@H]1CC[C@H](c2ccc(C(F)(F)Oc3ccccc3-c3cc(F)c(OC(F)F)c(F)c3)cc2)CC1. The van der Waals surface area contributed by atoms with Gasteiger partial charge in [-0.3, -0.25) is 0 Å². The van der Waals surface area contributed by atoms with Crippen LogP contribution in [0.4, 0.5) is 26.3 Å². The summed E-state index contributed by atoms with van der Waals surface area (Å²) >= 11 is 0. The second kappa shape index (κ2) is 11.5. The molecule has 1 aliphatic rings. The molecule has 8 heteroatoms. The monoisotopic (exact) mass is 522 g/mol. The third-order valence-electron chi connectivity index (χ3n) is 6.90. The highest BCUT2D eigenvalue weighted by Crippen LogP contribution is 2.41. The number of benzene rings is 3. The Morgan fingerprint density at radius 3 is 2.11 bits per heavy atom. The van der Waals surface area contributed by atoms with E-state index in [1.807, 2.05) is 0 Å². The Hall–Kier alpha value is -3.16. The third-order valence-corrected chi connectivity index (χ3v) is 6.90. The van der Waals surface area contributed by atoms with Crippen LogP contribution < -0.4 is 9.47 Å². The quantitative estimate of drug-likeness (QED) is 0.261. The van der Waals surface area contributed by atoms with Gasteiger partial charge in [-0.15, -0.1) is 0 Å². The van der Waals surface area contributed by atoms with Crippen LogP contribution in [-0.4, -0.2) is 6.61 Å². The van der Waals surface area contributed by atoms with Crippen LogP contribution in [0, 0.1) is 17.6 Å². The number of halogens is 6. The minimum Gasteiger partial charge on any atom is -0.429 e. The first-order valence-corrected chi connectivity index (χ1v) is 12.4. The van der Waals surface area contributed by atoms with Crippen LogP contribution in [-0.2, 0) is 6.11 Å². The van der Waals surface area contributed by atoms with Crippen LogP contribution in [0.25, 0.3) is 11.1 Å². The maximum Gasteiger partial charge on any atom is 0.426 e. The molecular formula is C29H28F6O2. The third kappa shape index (κ3) is 6.40. The average Bonchev–Trinajstić information content (AvgIpc) is 2.87. The predicted molar refractivity (Wildman–Crippen MR) is 129 cm³/mol. The van der Waals surface area contributed by atoms with E-state index in [0.29, 0.717) is 5.92 Å². The van der Waals surface area contributed by atoms with Gasteiger partial charge in [0, 0.05) is 5.56 Å². The molecule has 2 nitrogen and oxygen atoms in total. The summed E-state index contributed by atoms with van der Waals surface area (Å²) in [6, 6.07) is 13.0. The molecule has 0 heterocycles.